The van der Waals surface area contributed by atoms with Gasteiger partial charge in [-0.2, -0.15) is 0 Å². The summed E-state index contributed by atoms with van der Waals surface area (Å²) in [6, 6.07) is 17.1. The highest BCUT2D eigenvalue weighted by molar-refractivity contribution is 5.99. The van der Waals surface area contributed by atoms with E-state index in [-0.39, 0.29) is 5.78 Å². The van der Waals surface area contributed by atoms with Gasteiger partial charge < -0.3 is 9.64 Å². The highest BCUT2D eigenvalue weighted by atomic mass is 16.5. The van der Waals surface area contributed by atoms with Crippen LogP contribution in [-0.4, -0.2) is 26.0 Å². The first kappa shape index (κ1) is 14.1. The number of likely N-dealkylation sites (N-methyl/N-ethyl adjacent to an activating group) is 1. The van der Waals surface area contributed by atoms with Gasteiger partial charge in [-0.25, -0.2) is 0 Å². The first-order chi connectivity index (χ1) is 9.70. The predicted molar refractivity (Wildman–Crippen MR) is 81.7 cm³/mol. The molecule has 0 unspecified atom stereocenters. The van der Waals surface area contributed by atoms with Crippen LogP contribution in [0.5, 0.6) is 5.75 Å². The molecule has 0 saturated carbocycles. The quantitative estimate of drug-likeness (QED) is 0.753. The summed E-state index contributed by atoms with van der Waals surface area (Å²) in [4.78, 5) is 14.1. The third-order valence-corrected chi connectivity index (χ3v) is 3.05. The largest absolute Gasteiger partial charge is 0.494 e. The van der Waals surface area contributed by atoms with Crippen LogP contribution in [0, 0.1) is 0 Å². The van der Waals surface area contributed by atoms with Gasteiger partial charge in [0.2, 0.25) is 0 Å². The third-order valence-electron chi connectivity index (χ3n) is 3.05. The molecule has 0 bridgehead atoms. The fraction of sp³-hybridized carbons (Fsp3) is 0.235. The molecule has 0 fully saturated rings. The molecule has 0 amide bonds. The summed E-state index contributed by atoms with van der Waals surface area (Å²) < 4.78 is 5.47. The molecule has 2 rings (SSSR count). The van der Waals surface area contributed by atoms with Crippen LogP contribution in [0.2, 0.25) is 0 Å². The average molecular weight is 269 g/mol. The van der Waals surface area contributed by atoms with Gasteiger partial charge in [0.1, 0.15) is 5.75 Å². The number of carbonyl (C=O) groups excluding carboxylic acids is 1. The lowest BCUT2D eigenvalue weighted by Crippen LogP contribution is -2.25. The van der Waals surface area contributed by atoms with E-state index in [1.807, 2.05) is 73.5 Å². The maximum Gasteiger partial charge on any atom is 0.182 e. The molecule has 0 aromatic heterocycles. The van der Waals surface area contributed by atoms with E-state index in [4.69, 9.17) is 4.74 Å². The van der Waals surface area contributed by atoms with Gasteiger partial charge in [0.05, 0.1) is 13.2 Å². The van der Waals surface area contributed by atoms with Crippen LogP contribution >= 0.6 is 0 Å². The van der Waals surface area contributed by atoms with Crippen LogP contribution in [0.15, 0.2) is 54.6 Å². The van der Waals surface area contributed by atoms with Gasteiger partial charge in [0.15, 0.2) is 5.78 Å². The Morgan fingerprint density at radius 1 is 1.10 bits per heavy atom. The zero-order chi connectivity index (χ0) is 14.4. The summed E-state index contributed by atoms with van der Waals surface area (Å²) in [7, 11) is 1.91. The van der Waals surface area contributed by atoms with Crippen molar-refractivity contribution in [3.05, 3.63) is 60.2 Å². The number of ether oxygens (including phenoxy) is 1. The first-order valence-electron chi connectivity index (χ1n) is 6.73. The number of hydrogen-bond donors (Lipinski definition) is 0. The molecule has 0 N–H and O–H groups in total. The van der Waals surface area contributed by atoms with Gasteiger partial charge >= 0.3 is 0 Å². The molecule has 3 heteroatoms. The van der Waals surface area contributed by atoms with E-state index < -0.39 is 0 Å². The van der Waals surface area contributed by atoms with Crippen LogP contribution in [-0.2, 0) is 0 Å². The minimum absolute atomic E-state index is 0.106. The van der Waals surface area contributed by atoms with Crippen LogP contribution in [0.4, 0.5) is 5.69 Å². The van der Waals surface area contributed by atoms with Gasteiger partial charge in [-0.3, -0.25) is 4.79 Å². The molecular formula is C17H19NO2. The second-order valence-corrected chi connectivity index (χ2v) is 4.58. The van der Waals surface area contributed by atoms with Crippen LogP contribution in [0.3, 0.4) is 0 Å². The molecule has 0 aliphatic heterocycles. The average Bonchev–Trinajstić information content (AvgIpc) is 2.48. The number of benzene rings is 2. The number of carbonyl (C=O) groups is 1. The third kappa shape index (κ3) is 3.60. The molecule has 0 radical (unpaired) electrons. The molecule has 0 saturated heterocycles. The highest BCUT2D eigenvalue weighted by Crippen LogP contribution is 2.20. The lowest BCUT2D eigenvalue weighted by molar-refractivity contribution is 0.100. The number of ketones is 1. The van der Waals surface area contributed by atoms with Crippen LogP contribution in [0.25, 0.3) is 0 Å². The van der Waals surface area contributed by atoms with Crippen molar-refractivity contribution in [1.82, 2.24) is 0 Å². The number of hydrogen-bond acceptors (Lipinski definition) is 3. The Bertz CT molecular complexity index is 566. The second kappa shape index (κ2) is 6.75. The molecule has 3 nitrogen and oxygen atoms in total. The van der Waals surface area contributed by atoms with E-state index in [9.17, 15) is 4.79 Å². The minimum Gasteiger partial charge on any atom is -0.494 e. The SMILES string of the molecule is CCOc1cccc(N(C)CC(=O)c2ccccc2)c1. The summed E-state index contributed by atoms with van der Waals surface area (Å²) in [6.45, 7) is 2.94. The van der Waals surface area contributed by atoms with E-state index in [1.54, 1.807) is 0 Å². The van der Waals surface area contributed by atoms with Crippen molar-refractivity contribution in [2.75, 3.05) is 25.1 Å². The van der Waals surface area contributed by atoms with Gasteiger partial charge in [-0.05, 0) is 19.1 Å². The van der Waals surface area contributed by atoms with Crippen molar-refractivity contribution in [2.45, 2.75) is 6.92 Å². The Balaban J connectivity index is 2.06. The van der Waals surface area contributed by atoms with Crippen LogP contribution < -0.4 is 9.64 Å². The van der Waals surface area contributed by atoms with Gasteiger partial charge in [-0.15, -0.1) is 0 Å². The van der Waals surface area contributed by atoms with Gasteiger partial charge in [-0.1, -0.05) is 36.4 Å². The van der Waals surface area contributed by atoms with Crippen molar-refractivity contribution in [1.29, 1.82) is 0 Å². The molecular weight excluding hydrogens is 250 g/mol. The summed E-state index contributed by atoms with van der Waals surface area (Å²) in [5.74, 6) is 0.930. The molecule has 0 aliphatic rings. The van der Waals surface area contributed by atoms with E-state index in [0.717, 1.165) is 17.0 Å². The first-order valence-corrected chi connectivity index (χ1v) is 6.73. The zero-order valence-corrected chi connectivity index (χ0v) is 11.9. The monoisotopic (exact) mass is 269 g/mol. The molecule has 0 heterocycles. The van der Waals surface area contributed by atoms with Crippen molar-refractivity contribution in [2.24, 2.45) is 0 Å². The predicted octanol–water partition coefficient (Wildman–Crippen LogP) is 3.40. The highest BCUT2D eigenvalue weighted by Gasteiger charge is 2.10. The van der Waals surface area contributed by atoms with Crippen molar-refractivity contribution in [3.63, 3.8) is 0 Å². The molecule has 104 valence electrons. The van der Waals surface area contributed by atoms with Gasteiger partial charge in [0, 0.05) is 24.4 Å². The van der Waals surface area contributed by atoms with Crippen molar-refractivity contribution in [3.8, 4) is 5.75 Å². The summed E-state index contributed by atoms with van der Waals surface area (Å²) >= 11 is 0. The minimum atomic E-state index is 0.106. The molecule has 20 heavy (non-hydrogen) atoms. The number of rotatable bonds is 6. The topological polar surface area (TPSA) is 29.5 Å². The normalized spacial score (nSPS) is 10.1. The summed E-state index contributed by atoms with van der Waals surface area (Å²) in [6.07, 6.45) is 0. The Morgan fingerprint density at radius 2 is 1.85 bits per heavy atom. The van der Waals surface area contributed by atoms with E-state index in [1.165, 1.54) is 0 Å². The Kier molecular flexibility index (Phi) is 4.77. The fourth-order valence-electron chi connectivity index (χ4n) is 2.00. The van der Waals surface area contributed by atoms with Crippen LogP contribution in [0.1, 0.15) is 17.3 Å². The van der Waals surface area contributed by atoms with E-state index in [0.29, 0.717) is 13.2 Å². The Morgan fingerprint density at radius 3 is 2.55 bits per heavy atom. The number of Topliss-reactive ketones (excluding diaryl/α,β-unsaturated/α-hetero) is 1. The smallest absolute Gasteiger partial charge is 0.182 e. The summed E-state index contributed by atoms with van der Waals surface area (Å²) in [5.41, 5.74) is 1.71. The number of nitrogens with zero attached hydrogens (tertiary/aromatic N) is 1. The zero-order valence-electron chi connectivity index (χ0n) is 11.9. The van der Waals surface area contributed by atoms with Gasteiger partial charge in [0.25, 0.3) is 0 Å². The lowest BCUT2D eigenvalue weighted by Gasteiger charge is -2.19. The Labute approximate surface area is 119 Å². The van der Waals surface area contributed by atoms with E-state index in [2.05, 4.69) is 0 Å². The van der Waals surface area contributed by atoms with Crippen molar-refractivity contribution < 1.29 is 9.53 Å². The molecule has 2 aromatic carbocycles. The maximum atomic E-state index is 12.2. The second-order valence-electron chi connectivity index (χ2n) is 4.58. The maximum absolute atomic E-state index is 12.2. The Hall–Kier alpha value is -2.29. The van der Waals surface area contributed by atoms with E-state index >= 15 is 0 Å². The molecule has 0 atom stereocenters. The summed E-state index contributed by atoms with van der Waals surface area (Å²) in [5, 5.41) is 0. The standard InChI is InChI=1S/C17H19NO2/c1-3-20-16-11-7-10-15(12-16)18(2)13-17(19)14-8-5-4-6-9-14/h4-12H,3,13H2,1-2H3. The molecule has 0 aliphatic carbocycles. The fourth-order valence-corrected chi connectivity index (χ4v) is 2.00. The number of anilines is 1. The lowest BCUT2D eigenvalue weighted by atomic mass is 10.1. The van der Waals surface area contributed by atoms with Crippen molar-refractivity contribution >= 4 is 11.5 Å². The molecule has 0 spiro atoms. The molecule has 2 aromatic rings.